The van der Waals surface area contributed by atoms with Gasteiger partial charge in [-0.2, -0.15) is 0 Å². The van der Waals surface area contributed by atoms with Crippen LogP contribution in [-0.4, -0.2) is 30.4 Å². The second-order valence-electron chi connectivity index (χ2n) is 4.08. The molecule has 1 fully saturated rings. The summed E-state index contributed by atoms with van der Waals surface area (Å²) in [7, 11) is 0. The molecule has 1 heterocycles. The van der Waals surface area contributed by atoms with Crippen molar-refractivity contribution >= 4 is 29.1 Å². The van der Waals surface area contributed by atoms with E-state index in [2.05, 4.69) is 5.32 Å². The molecule has 1 aromatic rings. The summed E-state index contributed by atoms with van der Waals surface area (Å²) in [4.78, 5) is 13.6. The number of carbonyl (C=O) groups is 1. The van der Waals surface area contributed by atoms with E-state index in [1.807, 2.05) is 11.0 Å². The van der Waals surface area contributed by atoms with Crippen LogP contribution >= 0.6 is 23.2 Å². The van der Waals surface area contributed by atoms with Gasteiger partial charge in [-0.05, 0) is 30.7 Å². The number of hydrogen-bond donors (Lipinski definition) is 1. The van der Waals surface area contributed by atoms with Gasteiger partial charge in [-0.1, -0.05) is 29.3 Å². The van der Waals surface area contributed by atoms with Crippen molar-refractivity contribution in [3.63, 3.8) is 0 Å². The number of nitrogens with zero attached hydrogens (tertiary/aromatic N) is 1. The fraction of sp³-hybridized carbons (Fsp3) is 0.417. The summed E-state index contributed by atoms with van der Waals surface area (Å²) in [6, 6.07) is 5.37. The molecule has 0 saturated carbocycles. The van der Waals surface area contributed by atoms with Gasteiger partial charge in [0.25, 0.3) is 0 Å². The molecule has 1 aliphatic rings. The van der Waals surface area contributed by atoms with Crippen LogP contribution in [0.3, 0.4) is 0 Å². The average Bonchev–Trinajstić information content (AvgIpc) is 2.48. The molecule has 5 heteroatoms. The van der Waals surface area contributed by atoms with Crippen molar-refractivity contribution < 1.29 is 4.79 Å². The highest BCUT2D eigenvalue weighted by Crippen LogP contribution is 2.22. The lowest BCUT2D eigenvalue weighted by Gasteiger charge is -2.20. The van der Waals surface area contributed by atoms with E-state index in [4.69, 9.17) is 23.2 Å². The van der Waals surface area contributed by atoms with Crippen LogP contribution in [0.15, 0.2) is 18.2 Å². The predicted molar refractivity (Wildman–Crippen MR) is 69.4 cm³/mol. The third-order valence-electron chi connectivity index (χ3n) is 2.79. The summed E-state index contributed by atoms with van der Waals surface area (Å²) in [6.07, 6.45) is 0.969. The Balaban J connectivity index is 2.10. The van der Waals surface area contributed by atoms with Gasteiger partial charge in [0.15, 0.2) is 0 Å². The lowest BCUT2D eigenvalue weighted by atomic mass is 10.2. The molecule has 1 saturated heterocycles. The third kappa shape index (κ3) is 3.35. The monoisotopic (exact) mass is 272 g/mol. The normalized spacial score (nSPS) is 17.1. The van der Waals surface area contributed by atoms with E-state index in [0.29, 0.717) is 23.1 Å². The number of benzene rings is 1. The first-order valence-corrected chi connectivity index (χ1v) is 6.35. The Kier molecular flexibility index (Phi) is 4.26. The van der Waals surface area contributed by atoms with Gasteiger partial charge < -0.3 is 10.2 Å². The Hall–Kier alpha value is -0.770. The van der Waals surface area contributed by atoms with E-state index in [-0.39, 0.29) is 5.91 Å². The molecule has 0 atom stereocenters. The summed E-state index contributed by atoms with van der Waals surface area (Å²) < 4.78 is 0. The zero-order valence-corrected chi connectivity index (χ0v) is 10.9. The molecule has 92 valence electrons. The number of halogens is 2. The van der Waals surface area contributed by atoms with Crippen molar-refractivity contribution in [1.29, 1.82) is 0 Å². The maximum atomic E-state index is 11.8. The van der Waals surface area contributed by atoms with Gasteiger partial charge in [-0.15, -0.1) is 0 Å². The first-order chi connectivity index (χ1) is 8.16. The van der Waals surface area contributed by atoms with Gasteiger partial charge in [-0.3, -0.25) is 4.79 Å². The fourth-order valence-electron chi connectivity index (χ4n) is 1.85. The maximum Gasteiger partial charge on any atom is 0.236 e. The Morgan fingerprint density at radius 1 is 1.35 bits per heavy atom. The highest BCUT2D eigenvalue weighted by atomic mass is 35.5. The summed E-state index contributed by atoms with van der Waals surface area (Å²) in [5, 5.41) is 4.32. The van der Waals surface area contributed by atoms with Crippen LogP contribution in [0.5, 0.6) is 0 Å². The minimum absolute atomic E-state index is 0.119. The average molecular weight is 273 g/mol. The summed E-state index contributed by atoms with van der Waals surface area (Å²) in [5.41, 5.74) is 0.936. The van der Waals surface area contributed by atoms with Crippen molar-refractivity contribution in [2.45, 2.75) is 13.0 Å². The topological polar surface area (TPSA) is 32.3 Å². The van der Waals surface area contributed by atoms with Crippen molar-refractivity contribution in [2.75, 3.05) is 19.6 Å². The first-order valence-electron chi connectivity index (χ1n) is 5.59. The van der Waals surface area contributed by atoms with E-state index in [1.54, 1.807) is 12.1 Å². The van der Waals surface area contributed by atoms with Gasteiger partial charge >= 0.3 is 0 Å². The van der Waals surface area contributed by atoms with Gasteiger partial charge in [0, 0.05) is 23.1 Å². The van der Waals surface area contributed by atoms with E-state index in [0.717, 1.165) is 25.1 Å². The van der Waals surface area contributed by atoms with Crippen molar-refractivity contribution in [3.8, 4) is 0 Å². The predicted octanol–water partition coefficient (Wildman–Crippen LogP) is 2.32. The molecular formula is C12H14Cl2N2O. The Labute approximate surface area is 111 Å². The molecular weight excluding hydrogens is 259 g/mol. The number of carbonyl (C=O) groups excluding carboxylic acids is 1. The highest BCUT2D eigenvalue weighted by molar-refractivity contribution is 6.35. The Morgan fingerprint density at radius 2 is 2.18 bits per heavy atom. The maximum absolute atomic E-state index is 11.8. The number of amides is 1. The molecule has 0 unspecified atom stereocenters. The van der Waals surface area contributed by atoms with E-state index in [1.165, 1.54) is 0 Å². The molecule has 0 radical (unpaired) electrons. The molecule has 17 heavy (non-hydrogen) atoms. The van der Waals surface area contributed by atoms with Crippen LogP contribution < -0.4 is 5.32 Å². The van der Waals surface area contributed by atoms with Crippen LogP contribution in [0.25, 0.3) is 0 Å². The first kappa shape index (κ1) is 12.7. The minimum atomic E-state index is 0.119. The molecule has 2 rings (SSSR count). The van der Waals surface area contributed by atoms with Crippen LogP contribution in [-0.2, 0) is 11.3 Å². The molecule has 0 aromatic heterocycles. The summed E-state index contributed by atoms with van der Waals surface area (Å²) in [5.74, 6) is 0.119. The highest BCUT2D eigenvalue weighted by Gasteiger charge is 2.17. The van der Waals surface area contributed by atoms with Crippen molar-refractivity contribution in [3.05, 3.63) is 33.8 Å². The van der Waals surface area contributed by atoms with Gasteiger partial charge in [0.1, 0.15) is 0 Å². The Morgan fingerprint density at radius 3 is 2.94 bits per heavy atom. The van der Waals surface area contributed by atoms with E-state index < -0.39 is 0 Å². The molecule has 0 aliphatic carbocycles. The molecule has 1 aliphatic heterocycles. The zero-order valence-electron chi connectivity index (χ0n) is 9.38. The second-order valence-corrected chi connectivity index (χ2v) is 4.92. The standard InChI is InChI=1S/C12H14Cl2N2O/c13-10-3-2-9(11(14)6-10)8-16-5-1-4-15-7-12(16)17/h2-3,6,15H,1,4-5,7-8H2. The second kappa shape index (κ2) is 5.71. The SMILES string of the molecule is O=C1CNCCCN1Cc1ccc(Cl)cc1Cl. The number of rotatable bonds is 2. The smallest absolute Gasteiger partial charge is 0.236 e. The minimum Gasteiger partial charge on any atom is -0.337 e. The molecule has 1 amide bonds. The van der Waals surface area contributed by atoms with Gasteiger partial charge in [0.2, 0.25) is 5.91 Å². The number of hydrogen-bond acceptors (Lipinski definition) is 2. The zero-order chi connectivity index (χ0) is 12.3. The summed E-state index contributed by atoms with van der Waals surface area (Å²) >= 11 is 11.9. The van der Waals surface area contributed by atoms with Gasteiger partial charge in [-0.25, -0.2) is 0 Å². The third-order valence-corrected chi connectivity index (χ3v) is 3.37. The van der Waals surface area contributed by atoms with E-state index >= 15 is 0 Å². The van der Waals surface area contributed by atoms with Crippen molar-refractivity contribution in [1.82, 2.24) is 10.2 Å². The fourth-order valence-corrected chi connectivity index (χ4v) is 2.32. The van der Waals surface area contributed by atoms with Crippen LogP contribution in [0, 0.1) is 0 Å². The molecule has 1 aromatic carbocycles. The van der Waals surface area contributed by atoms with Crippen LogP contribution in [0.1, 0.15) is 12.0 Å². The Bertz CT molecular complexity index is 423. The largest absolute Gasteiger partial charge is 0.337 e. The van der Waals surface area contributed by atoms with E-state index in [9.17, 15) is 4.79 Å². The quantitative estimate of drug-likeness (QED) is 0.896. The molecule has 1 N–H and O–H groups in total. The van der Waals surface area contributed by atoms with Crippen molar-refractivity contribution in [2.24, 2.45) is 0 Å². The summed E-state index contributed by atoms with van der Waals surface area (Å²) in [6.45, 7) is 2.61. The lowest BCUT2D eigenvalue weighted by Crippen LogP contribution is -2.34. The molecule has 0 spiro atoms. The van der Waals surface area contributed by atoms with Gasteiger partial charge in [0.05, 0.1) is 6.54 Å². The molecule has 3 nitrogen and oxygen atoms in total. The lowest BCUT2D eigenvalue weighted by molar-refractivity contribution is -0.130. The van der Waals surface area contributed by atoms with Crippen LogP contribution in [0.2, 0.25) is 10.0 Å². The number of nitrogens with one attached hydrogen (secondary N) is 1. The molecule has 0 bridgehead atoms. The van der Waals surface area contributed by atoms with Crippen LogP contribution in [0.4, 0.5) is 0 Å².